The Morgan fingerprint density at radius 1 is 1.22 bits per heavy atom. The largest absolute Gasteiger partial charge is 0.358 e. The maximum absolute atomic E-state index is 12.6. The summed E-state index contributed by atoms with van der Waals surface area (Å²) in [5.74, 6) is -0.366. The Bertz CT molecular complexity index is 1040. The summed E-state index contributed by atoms with van der Waals surface area (Å²) in [6, 6.07) is 17.9. The summed E-state index contributed by atoms with van der Waals surface area (Å²) in [4.78, 5) is 15.9. The van der Waals surface area contributed by atoms with Gasteiger partial charge < -0.3 is 10.3 Å². The molecule has 4 nitrogen and oxygen atoms in total. The second-order valence-corrected chi connectivity index (χ2v) is 6.67. The molecule has 2 aromatic carbocycles. The normalized spacial score (nSPS) is 12.6. The van der Waals surface area contributed by atoms with Crippen LogP contribution in [0, 0.1) is 18.3 Å². The Kier molecular flexibility index (Phi) is 5.42. The first kappa shape index (κ1) is 18.5. The van der Waals surface area contributed by atoms with Crippen molar-refractivity contribution in [2.24, 2.45) is 0 Å². The van der Waals surface area contributed by atoms with E-state index in [4.69, 9.17) is 0 Å². The van der Waals surface area contributed by atoms with Gasteiger partial charge in [0.1, 0.15) is 11.6 Å². The maximum atomic E-state index is 12.6. The quantitative estimate of drug-likeness (QED) is 0.507. The van der Waals surface area contributed by atoms with Gasteiger partial charge in [0.25, 0.3) is 5.91 Å². The van der Waals surface area contributed by atoms with Crippen molar-refractivity contribution in [2.75, 3.05) is 0 Å². The van der Waals surface area contributed by atoms with E-state index in [0.29, 0.717) is 0 Å². The van der Waals surface area contributed by atoms with E-state index in [1.165, 1.54) is 5.56 Å². The number of hydrogen-bond acceptors (Lipinski definition) is 2. The zero-order chi connectivity index (χ0) is 19.4. The van der Waals surface area contributed by atoms with Gasteiger partial charge in [0.05, 0.1) is 6.04 Å². The number of aromatic amines is 1. The highest BCUT2D eigenvalue weighted by Gasteiger charge is 2.15. The molecule has 3 aromatic rings. The summed E-state index contributed by atoms with van der Waals surface area (Å²) >= 11 is 0. The van der Waals surface area contributed by atoms with Crippen LogP contribution in [-0.4, -0.2) is 10.9 Å². The first-order valence-electron chi connectivity index (χ1n) is 9.12. The molecule has 0 bridgehead atoms. The lowest BCUT2D eigenvalue weighted by atomic mass is 10.0. The Balaban J connectivity index is 1.84. The number of rotatable bonds is 5. The van der Waals surface area contributed by atoms with Crippen LogP contribution in [0.15, 0.2) is 54.1 Å². The Labute approximate surface area is 159 Å². The lowest BCUT2D eigenvalue weighted by molar-refractivity contribution is -0.117. The van der Waals surface area contributed by atoms with Crippen LogP contribution in [-0.2, 0) is 11.2 Å². The molecule has 1 atom stereocenters. The number of carbonyl (C=O) groups is 1. The third-order valence-corrected chi connectivity index (χ3v) is 4.83. The van der Waals surface area contributed by atoms with Crippen LogP contribution in [0.3, 0.4) is 0 Å². The summed E-state index contributed by atoms with van der Waals surface area (Å²) in [7, 11) is 0. The summed E-state index contributed by atoms with van der Waals surface area (Å²) in [5.41, 5.74) is 5.16. The Hall–Kier alpha value is -3.32. The van der Waals surface area contributed by atoms with Crippen LogP contribution in [0.1, 0.15) is 42.3 Å². The highest BCUT2D eigenvalue weighted by atomic mass is 16.1. The summed E-state index contributed by atoms with van der Waals surface area (Å²) in [5, 5.41) is 13.4. The molecule has 1 amide bonds. The molecule has 0 unspecified atom stereocenters. The third kappa shape index (κ3) is 3.93. The van der Waals surface area contributed by atoms with Crippen molar-refractivity contribution in [3.05, 3.63) is 76.5 Å². The van der Waals surface area contributed by atoms with Crippen LogP contribution in [0.4, 0.5) is 0 Å². The highest BCUT2D eigenvalue weighted by molar-refractivity contribution is 6.04. The van der Waals surface area contributed by atoms with E-state index in [1.807, 2.05) is 56.3 Å². The van der Waals surface area contributed by atoms with Crippen LogP contribution < -0.4 is 5.32 Å². The lowest BCUT2D eigenvalue weighted by Gasteiger charge is -2.14. The van der Waals surface area contributed by atoms with E-state index >= 15 is 0 Å². The molecule has 0 aliphatic heterocycles. The van der Waals surface area contributed by atoms with Gasteiger partial charge in [-0.25, -0.2) is 0 Å². The van der Waals surface area contributed by atoms with Crippen LogP contribution in [0.5, 0.6) is 0 Å². The number of nitrogens with zero attached hydrogens (tertiary/aromatic N) is 1. The Morgan fingerprint density at radius 3 is 2.59 bits per heavy atom. The molecule has 27 heavy (non-hydrogen) atoms. The predicted octanol–water partition coefficient (Wildman–Crippen LogP) is 4.82. The summed E-state index contributed by atoms with van der Waals surface area (Å²) in [6.07, 6.45) is 2.64. The predicted molar refractivity (Wildman–Crippen MR) is 109 cm³/mol. The van der Waals surface area contributed by atoms with Gasteiger partial charge in [-0.15, -0.1) is 0 Å². The summed E-state index contributed by atoms with van der Waals surface area (Å²) in [6.45, 7) is 5.97. The van der Waals surface area contributed by atoms with E-state index < -0.39 is 0 Å². The van der Waals surface area contributed by atoms with Crippen molar-refractivity contribution in [3.63, 3.8) is 0 Å². The second-order valence-electron chi connectivity index (χ2n) is 6.67. The molecule has 1 aromatic heterocycles. The fourth-order valence-corrected chi connectivity index (χ4v) is 3.18. The Morgan fingerprint density at radius 2 is 1.93 bits per heavy atom. The average molecular weight is 357 g/mol. The molecule has 2 N–H and O–H groups in total. The maximum Gasteiger partial charge on any atom is 0.262 e. The van der Waals surface area contributed by atoms with Crippen molar-refractivity contribution >= 4 is 22.9 Å². The molecular formula is C23H23N3O. The molecule has 136 valence electrons. The van der Waals surface area contributed by atoms with E-state index in [9.17, 15) is 10.1 Å². The van der Waals surface area contributed by atoms with Crippen molar-refractivity contribution in [2.45, 2.75) is 33.2 Å². The van der Waals surface area contributed by atoms with Gasteiger partial charge in [-0.2, -0.15) is 5.26 Å². The minimum absolute atomic E-state index is 0.0971. The number of H-pyrrole nitrogens is 1. The van der Waals surface area contributed by atoms with Gasteiger partial charge >= 0.3 is 0 Å². The van der Waals surface area contributed by atoms with Crippen molar-refractivity contribution < 1.29 is 4.79 Å². The van der Waals surface area contributed by atoms with Gasteiger partial charge in [0.2, 0.25) is 0 Å². The number of aromatic nitrogens is 1. The van der Waals surface area contributed by atoms with Gasteiger partial charge in [0, 0.05) is 22.2 Å². The molecule has 0 aliphatic carbocycles. The fraction of sp³-hybridized carbons (Fsp3) is 0.217. The molecule has 0 radical (unpaired) electrons. The van der Waals surface area contributed by atoms with Crippen molar-refractivity contribution in [3.8, 4) is 6.07 Å². The smallest absolute Gasteiger partial charge is 0.262 e. The molecule has 0 saturated heterocycles. The van der Waals surface area contributed by atoms with E-state index in [-0.39, 0.29) is 17.5 Å². The van der Waals surface area contributed by atoms with Gasteiger partial charge in [-0.1, -0.05) is 49.4 Å². The van der Waals surface area contributed by atoms with Gasteiger partial charge in [-0.3, -0.25) is 4.79 Å². The van der Waals surface area contributed by atoms with Crippen molar-refractivity contribution in [1.82, 2.24) is 10.3 Å². The van der Waals surface area contributed by atoms with E-state index in [1.54, 1.807) is 6.08 Å². The molecule has 4 heteroatoms. The molecule has 1 heterocycles. The SMILES string of the molecule is CCc1ccc([C@H](C)NC(=O)/C(C#N)=C/c2c(C)[nH]c3ccccc23)cc1. The summed E-state index contributed by atoms with van der Waals surface area (Å²) < 4.78 is 0. The number of amides is 1. The number of benzene rings is 2. The van der Waals surface area contributed by atoms with E-state index in [2.05, 4.69) is 29.4 Å². The zero-order valence-corrected chi connectivity index (χ0v) is 15.8. The monoisotopic (exact) mass is 357 g/mol. The minimum Gasteiger partial charge on any atom is -0.358 e. The number of fused-ring (bicyclic) bond motifs is 1. The lowest BCUT2D eigenvalue weighted by Crippen LogP contribution is -2.27. The minimum atomic E-state index is -0.366. The van der Waals surface area contributed by atoms with Gasteiger partial charge in [-0.05, 0) is 43.5 Å². The average Bonchev–Trinajstić information content (AvgIpc) is 3.00. The second kappa shape index (κ2) is 7.92. The van der Waals surface area contributed by atoms with Crippen LogP contribution in [0.25, 0.3) is 17.0 Å². The highest BCUT2D eigenvalue weighted by Crippen LogP contribution is 2.24. The number of carbonyl (C=O) groups excluding carboxylic acids is 1. The molecule has 0 aliphatic rings. The third-order valence-electron chi connectivity index (χ3n) is 4.83. The molecule has 0 fully saturated rings. The zero-order valence-electron chi connectivity index (χ0n) is 15.8. The number of aryl methyl sites for hydroxylation is 2. The first-order chi connectivity index (χ1) is 13.0. The standard InChI is InChI=1S/C23H23N3O/c1-4-17-9-11-18(12-10-17)15(2)26-23(27)19(14-24)13-21-16(3)25-22-8-6-5-7-20(21)22/h5-13,15,25H,4H2,1-3H3,(H,26,27)/b19-13+/t15-/m0/s1. The first-order valence-corrected chi connectivity index (χ1v) is 9.12. The number of nitriles is 1. The topological polar surface area (TPSA) is 68.7 Å². The molecule has 0 spiro atoms. The fourth-order valence-electron chi connectivity index (χ4n) is 3.18. The van der Waals surface area contributed by atoms with Crippen molar-refractivity contribution in [1.29, 1.82) is 5.26 Å². The van der Waals surface area contributed by atoms with Gasteiger partial charge in [0.15, 0.2) is 0 Å². The van der Waals surface area contributed by atoms with Crippen LogP contribution >= 0.6 is 0 Å². The molecule has 3 rings (SSSR count). The van der Waals surface area contributed by atoms with E-state index in [0.717, 1.165) is 34.1 Å². The number of nitrogens with one attached hydrogen (secondary N) is 2. The number of hydrogen-bond donors (Lipinski definition) is 2. The van der Waals surface area contributed by atoms with Crippen LogP contribution in [0.2, 0.25) is 0 Å². The number of para-hydroxylation sites is 1. The molecular weight excluding hydrogens is 334 g/mol. The molecule has 0 saturated carbocycles.